The highest BCUT2D eigenvalue weighted by molar-refractivity contribution is 5.42. The number of aliphatic hydroxyl groups is 2. The molecule has 3 nitrogen and oxygen atoms in total. The predicted molar refractivity (Wildman–Crippen MR) is 95.9 cm³/mol. The molecular formula is C21H30O3. The van der Waals surface area contributed by atoms with Crippen LogP contribution in [0.2, 0.25) is 0 Å². The lowest BCUT2D eigenvalue weighted by atomic mass is 9.74. The van der Waals surface area contributed by atoms with E-state index in [-0.39, 0.29) is 12.0 Å². The summed E-state index contributed by atoms with van der Waals surface area (Å²) < 4.78 is 0. The Morgan fingerprint density at radius 3 is 2.88 bits per heavy atom. The number of rotatable bonds is 6. The van der Waals surface area contributed by atoms with Crippen molar-refractivity contribution >= 4 is 0 Å². The van der Waals surface area contributed by atoms with Crippen LogP contribution in [0.25, 0.3) is 0 Å². The van der Waals surface area contributed by atoms with Crippen LogP contribution in [0, 0.1) is 17.8 Å². The summed E-state index contributed by atoms with van der Waals surface area (Å²) in [6, 6.07) is 5.76. The zero-order valence-corrected chi connectivity index (χ0v) is 14.6. The normalized spacial score (nSPS) is 30.3. The number of aliphatic hydroxyl groups excluding tert-OH is 2. The van der Waals surface area contributed by atoms with Gasteiger partial charge in [-0.25, -0.2) is 0 Å². The molecule has 1 fully saturated rings. The summed E-state index contributed by atoms with van der Waals surface area (Å²) in [5.74, 6) is 1.35. The van der Waals surface area contributed by atoms with Crippen molar-refractivity contribution in [3.8, 4) is 5.75 Å². The third kappa shape index (κ3) is 3.68. The maximum absolute atomic E-state index is 10.5. The number of benzene rings is 1. The van der Waals surface area contributed by atoms with E-state index in [1.807, 2.05) is 12.1 Å². The standard InChI is InChI=1S/C21H30O3/c1-2-3-4-7-16(22)9-10-17-18-11-14-6-5-8-20(23)19(14)12-15(18)13-21(17)24/h5-6,8-10,15-18,21-24H,2-4,7,11-13H2,1H3/b10-9+/t15-,16-,17+,18?,21+/m0/s1. The SMILES string of the molecule is CCCCC[C@H](O)/C=C/[C@@H]1C2Cc3cccc(O)c3C[C@H]2C[C@H]1O. The molecule has 2 aliphatic carbocycles. The zero-order valence-electron chi connectivity index (χ0n) is 14.6. The van der Waals surface area contributed by atoms with Gasteiger partial charge in [-0.05, 0) is 54.7 Å². The summed E-state index contributed by atoms with van der Waals surface area (Å²) in [5, 5.41) is 30.7. The molecule has 0 spiro atoms. The van der Waals surface area contributed by atoms with Gasteiger partial charge in [-0.2, -0.15) is 0 Å². The number of phenolic OH excluding ortho intramolecular Hbond substituents is 1. The van der Waals surface area contributed by atoms with Gasteiger partial charge in [-0.3, -0.25) is 0 Å². The van der Waals surface area contributed by atoms with Gasteiger partial charge >= 0.3 is 0 Å². The van der Waals surface area contributed by atoms with Gasteiger partial charge in [0.15, 0.2) is 0 Å². The molecule has 0 saturated heterocycles. The van der Waals surface area contributed by atoms with E-state index >= 15 is 0 Å². The molecule has 0 bridgehead atoms. The molecule has 3 rings (SSSR count). The molecule has 3 N–H and O–H groups in total. The molecule has 0 aliphatic heterocycles. The third-order valence-corrected chi connectivity index (χ3v) is 5.92. The van der Waals surface area contributed by atoms with E-state index in [4.69, 9.17) is 0 Å². The average molecular weight is 330 g/mol. The summed E-state index contributed by atoms with van der Waals surface area (Å²) in [6.45, 7) is 2.16. The number of unbranched alkanes of at least 4 members (excludes halogenated alkanes) is 2. The van der Waals surface area contributed by atoms with E-state index in [0.29, 0.717) is 17.6 Å². The number of phenols is 1. The Morgan fingerprint density at radius 2 is 2.08 bits per heavy atom. The first-order valence-electron chi connectivity index (χ1n) is 9.44. The van der Waals surface area contributed by atoms with E-state index in [9.17, 15) is 15.3 Å². The number of hydrogen-bond acceptors (Lipinski definition) is 3. The first kappa shape index (κ1) is 17.5. The second kappa shape index (κ2) is 7.71. The van der Waals surface area contributed by atoms with Crippen molar-refractivity contribution in [1.82, 2.24) is 0 Å². The van der Waals surface area contributed by atoms with Gasteiger partial charge in [-0.1, -0.05) is 50.5 Å². The minimum atomic E-state index is -0.400. The van der Waals surface area contributed by atoms with Gasteiger partial charge in [-0.15, -0.1) is 0 Å². The second-order valence-corrected chi connectivity index (χ2v) is 7.58. The van der Waals surface area contributed by atoms with Crippen molar-refractivity contribution in [2.75, 3.05) is 0 Å². The van der Waals surface area contributed by atoms with E-state index in [0.717, 1.165) is 50.5 Å². The molecule has 0 heterocycles. The summed E-state index contributed by atoms with van der Waals surface area (Å²) in [4.78, 5) is 0. The van der Waals surface area contributed by atoms with Crippen molar-refractivity contribution in [3.05, 3.63) is 41.5 Å². The zero-order chi connectivity index (χ0) is 17.1. The fourth-order valence-electron chi connectivity index (χ4n) is 4.57. The predicted octanol–water partition coefficient (Wildman–Crippen LogP) is 3.60. The molecule has 1 aromatic rings. The van der Waals surface area contributed by atoms with Crippen molar-refractivity contribution in [3.63, 3.8) is 0 Å². The highest BCUT2D eigenvalue weighted by Gasteiger charge is 2.43. The number of fused-ring (bicyclic) bond motifs is 2. The molecule has 3 heteroatoms. The first-order valence-corrected chi connectivity index (χ1v) is 9.44. The second-order valence-electron chi connectivity index (χ2n) is 7.58. The van der Waals surface area contributed by atoms with Crippen LogP contribution < -0.4 is 0 Å². The fourth-order valence-corrected chi connectivity index (χ4v) is 4.57. The van der Waals surface area contributed by atoms with Crippen molar-refractivity contribution in [2.24, 2.45) is 17.8 Å². The van der Waals surface area contributed by atoms with Crippen LogP contribution in [0.5, 0.6) is 5.75 Å². The lowest BCUT2D eigenvalue weighted by Crippen LogP contribution is -2.26. The summed E-state index contributed by atoms with van der Waals surface area (Å²) in [7, 11) is 0. The van der Waals surface area contributed by atoms with Gasteiger partial charge < -0.3 is 15.3 Å². The molecule has 0 radical (unpaired) electrons. The summed E-state index contributed by atoms with van der Waals surface area (Å²) in [6.07, 6.45) is 9.93. The summed E-state index contributed by atoms with van der Waals surface area (Å²) >= 11 is 0. The van der Waals surface area contributed by atoms with Gasteiger partial charge in [0.25, 0.3) is 0 Å². The minimum absolute atomic E-state index is 0.117. The Hall–Kier alpha value is -1.32. The van der Waals surface area contributed by atoms with E-state index < -0.39 is 6.10 Å². The van der Waals surface area contributed by atoms with Crippen molar-refractivity contribution in [1.29, 1.82) is 0 Å². The topological polar surface area (TPSA) is 60.7 Å². The largest absolute Gasteiger partial charge is 0.508 e. The van der Waals surface area contributed by atoms with Gasteiger partial charge in [0.1, 0.15) is 5.75 Å². The fraction of sp³-hybridized carbons (Fsp3) is 0.619. The molecule has 2 aliphatic rings. The Balaban J connectivity index is 1.67. The molecule has 1 unspecified atom stereocenters. The Bertz CT molecular complexity index is 580. The van der Waals surface area contributed by atoms with Crippen molar-refractivity contribution < 1.29 is 15.3 Å². The molecule has 0 amide bonds. The molecule has 0 aromatic heterocycles. The third-order valence-electron chi connectivity index (χ3n) is 5.92. The smallest absolute Gasteiger partial charge is 0.119 e. The van der Waals surface area contributed by atoms with E-state index in [1.165, 1.54) is 5.56 Å². The first-order chi connectivity index (χ1) is 11.6. The van der Waals surface area contributed by atoms with Crippen LogP contribution in [0.4, 0.5) is 0 Å². The number of hydrogen-bond donors (Lipinski definition) is 3. The molecule has 1 aromatic carbocycles. The van der Waals surface area contributed by atoms with Crippen LogP contribution in [0.3, 0.4) is 0 Å². The van der Waals surface area contributed by atoms with E-state index in [1.54, 1.807) is 6.07 Å². The maximum atomic E-state index is 10.5. The van der Waals surface area contributed by atoms with E-state index in [2.05, 4.69) is 19.1 Å². The number of aromatic hydroxyl groups is 1. The Labute approximate surface area is 145 Å². The molecular weight excluding hydrogens is 300 g/mol. The molecule has 24 heavy (non-hydrogen) atoms. The lowest BCUT2D eigenvalue weighted by molar-refractivity contribution is 0.140. The minimum Gasteiger partial charge on any atom is -0.508 e. The van der Waals surface area contributed by atoms with Gasteiger partial charge in [0, 0.05) is 5.92 Å². The average Bonchev–Trinajstić information content (AvgIpc) is 2.86. The van der Waals surface area contributed by atoms with Gasteiger partial charge in [0.2, 0.25) is 0 Å². The monoisotopic (exact) mass is 330 g/mol. The Kier molecular flexibility index (Phi) is 5.62. The highest BCUT2D eigenvalue weighted by Crippen LogP contribution is 2.47. The van der Waals surface area contributed by atoms with Crippen LogP contribution in [-0.4, -0.2) is 27.5 Å². The highest BCUT2D eigenvalue weighted by atomic mass is 16.3. The van der Waals surface area contributed by atoms with Crippen molar-refractivity contribution in [2.45, 2.75) is 64.1 Å². The quantitative estimate of drug-likeness (QED) is 0.552. The Morgan fingerprint density at radius 1 is 1.25 bits per heavy atom. The lowest BCUT2D eigenvalue weighted by Gasteiger charge is -2.30. The van der Waals surface area contributed by atoms with Gasteiger partial charge in [0.05, 0.1) is 12.2 Å². The van der Waals surface area contributed by atoms with Crippen LogP contribution in [0.15, 0.2) is 30.4 Å². The van der Waals surface area contributed by atoms with Crippen LogP contribution >= 0.6 is 0 Å². The summed E-state index contributed by atoms with van der Waals surface area (Å²) in [5.41, 5.74) is 2.28. The maximum Gasteiger partial charge on any atom is 0.119 e. The van der Waals surface area contributed by atoms with Crippen LogP contribution in [0.1, 0.15) is 50.2 Å². The molecule has 1 saturated carbocycles. The molecule has 5 atom stereocenters. The van der Waals surface area contributed by atoms with Crippen LogP contribution in [-0.2, 0) is 12.8 Å². The molecule has 132 valence electrons.